The van der Waals surface area contributed by atoms with Crippen molar-refractivity contribution in [3.8, 4) is 11.3 Å². The third-order valence-corrected chi connectivity index (χ3v) is 5.21. The minimum absolute atomic E-state index is 0.00625. The number of anilines is 3. The summed E-state index contributed by atoms with van der Waals surface area (Å²) in [6, 6.07) is 10.7. The summed E-state index contributed by atoms with van der Waals surface area (Å²) in [4.78, 5) is 16.2. The molecule has 3 aromatic rings. The van der Waals surface area contributed by atoms with Gasteiger partial charge in [0.15, 0.2) is 0 Å². The van der Waals surface area contributed by atoms with Gasteiger partial charge in [-0.05, 0) is 24.3 Å². The molecule has 2 aromatic heterocycles. The van der Waals surface area contributed by atoms with Gasteiger partial charge in [-0.15, -0.1) is 0 Å². The molecule has 6 nitrogen and oxygen atoms in total. The van der Waals surface area contributed by atoms with Gasteiger partial charge in [0.1, 0.15) is 5.82 Å². The number of nitrogens with two attached hydrogens (primary N) is 1. The molecule has 1 aliphatic rings. The number of hydrogen-bond donors (Lipinski definition) is 1. The first kappa shape index (κ1) is 20.2. The zero-order valence-electron chi connectivity index (χ0n) is 15.8. The zero-order valence-corrected chi connectivity index (χ0v) is 16.5. The van der Waals surface area contributed by atoms with E-state index in [4.69, 9.17) is 17.3 Å². The van der Waals surface area contributed by atoms with Crippen molar-refractivity contribution >= 4 is 29.1 Å². The molecule has 0 saturated carbocycles. The van der Waals surface area contributed by atoms with Gasteiger partial charge >= 0.3 is 6.18 Å². The maximum Gasteiger partial charge on any atom is 0.417 e. The largest absolute Gasteiger partial charge is 0.417 e. The number of rotatable bonds is 3. The maximum absolute atomic E-state index is 12.8. The average molecular weight is 435 g/mol. The van der Waals surface area contributed by atoms with Gasteiger partial charge in [-0.3, -0.25) is 0 Å². The van der Waals surface area contributed by atoms with Crippen molar-refractivity contribution in [3.05, 3.63) is 59.4 Å². The molecule has 0 radical (unpaired) electrons. The standard InChI is InChI=1S/C20H18ClF3N6/c21-16-11-14(20(22,23)24)12-27-18(16)30-9-7-29(8-10-30)15-3-1-13(2-4-15)17-5-6-26-19(25)28-17/h1-6,11-12H,7-10H2,(H2,25,26,28). The van der Waals surface area contributed by atoms with Crippen LogP contribution in [0.25, 0.3) is 11.3 Å². The van der Waals surface area contributed by atoms with Crippen LogP contribution in [-0.2, 0) is 6.18 Å². The Balaban J connectivity index is 1.42. The Morgan fingerprint density at radius 2 is 1.60 bits per heavy atom. The predicted octanol–water partition coefficient (Wildman–Crippen LogP) is 4.12. The highest BCUT2D eigenvalue weighted by atomic mass is 35.5. The number of nitrogens with zero attached hydrogens (tertiary/aromatic N) is 5. The van der Waals surface area contributed by atoms with Crippen LogP contribution in [0.3, 0.4) is 0 Å². The normalized spacial score (nSPS) is 14.8. The second-order valence-corrected chi connectivity index (χ2v) is 7.26. The number of pyridine rings is 1. The van der Waals surface area contributed by atoms with Gasteiger partial charge in [0, 0.05) is 49.8 Å². The number of alkyl halides is 3. The lowest BCUT2D eigenvalue weighted by Crippen LogP contribution is -2.47. The molecule has 0 aliphatic carbocycles. The fourth-order valence-electron chi connectivity index (χ4n) is 3.37. The van der Waals surface area contributed by atoms with Crippen molar-refractivity contribution in [2.24, 2.45) is 0 Å². The second-order valence-electron chi connectivity index (χ2n) is 6.85. The topological polar surface area (TPSA) is 71.2 Å². The molecule has 0 bridgehead atoms. The molecular formula is C20H18ClF3N6. The fraction of sp³-hybridized carbons (Fsp3) is 0.250. The molecule has 156 valence electrons. The van der Waals surface area contributed by atoms with E-state index in [-0.39, 0.29) is 11.0 Å². The molecule has 2 N–H and O–H groups in total. The van der Waals surface area contributed by atoms with Crippen molar-refractivity contribution in [2.45, 2.75) is 6.18 Å². The van der Waals surface area contributed by atoms with Crippen molar-refractivity contribution in [3.63, 3.8) is 0 Å². The summed E-state index contributed by atoms with van der Waals surface area (Å²) in [5, 5.41) is 0.00625. The number of nitrogen functional groups attached to an aromatic ring is 1. The molecule has 0 unspecified atom stereocenters. The molecule has 0 atom stereocenters. The second kappa shape index (κ2) is 7.98. The molecule has 1 fully saturated rings. The van der Waals surface area contributed by atoms with Crippen molar-refractivity contribution in [1.82, 2.24) is 15.0 Å². The predicted molar refractivity (Wildman–Crippen MR) is 111 cm³/mol. The summed E-state index contributed by atoms with van der Waals surface area (Å²) >= 11 is 6.07. The molecule has 0 amide bonds. The van der Waals surface area contributed by atoms with Crippen LogP contribution in [0.4, 0.5) is 30.6 Å². The first-order chi connectivity index (χ1) is 14.3. The van der Waals surface area contributed by atoms with Crippen molar-refractivity contribution in [2.75, 3.05) is 41.7 Å². The number of benzene rings is 1. The van der Waals surface area contributed by atoms with E-state index < -0.39 is 11.7 Å². The molecule has 1 aliphatic heterocycles. The lowest BCUT2D eigenvalue weighted by molar-refractivity contribution is -0.137. The van der Waals surface area contributed by atoms with E-state index in [9.17, 15) is 13.2 Å². The third kappa shape index (κ3) is 4.25. The summed E-state index contributed by atoms with van der Waals surface area (Å²) in [6.07, 6.45) is -2.02. The summed E-state index contributed by atoms with van der Waals surface area (Å²) < 4.78 is 38.4. The molecule has 0 spiro atoms. The average Bonchev–Trinajstić information content (AvgIpc) is 2.73. The first-order valence-electron chi connectivity index (χ1n) is 9.23. The van der Waals surface area contributed by atoms with Gasteiger partial charge in [-0.2, -0.15) is 13.2 Å². The van der Waals surface area contributed by atoms with Crippen molar-refractivity contribution in [1.29, 1.82) is 0 Å². The van der Waals surface area contributed by atoms with Crippen LogP contribution in [-0.4, -0.2) is 41.1 Å². The van der Waals surface area contributed by atoms with Gasteiger partial charge in [0.2, 0.25) is 5.95 Å². The zero-order chi connectivity index (χ0) is 21.3. The Labute approximate surface area is 176 Å². The van der Waals surface area contributed by atoms with Crippen LogP contribution in [0.2, 0.25) is 5.02 Å². The summed E-state index contributed by atoms with van der Waals surface area (Å²) in [6.45, 7) is 2.59. The van der Waals surface area contributed by atoms with Crippen LogP contribution in [0, 0.1) is 0 Å². The fourth-order valence-corrected chi connectivity index (χ4v) is 3.66. The number of hydrogen-bond acceptors (Lipinski definition) is 6. The Morgan fingerprint density at radius 3 is 2.20 bits per heavy atom. The van der Waals surface area contributed by atoms with Gasteiger partial charge in [-0.25, -0.2) is 15.0 Å². The highest BCUT2D eigenvalue weighted by Gasteiger charge is 2.32. The summed E-state index contributed by atoms with van der Waals surface area (Å²) in [5.74, 6) is 0.601. The third-order valence-electron chi connectivity index (χ3n) is 4.93. The monoisotopic (exact) mass is 434 g/mol. The van der Waals surface area contributed by atoms with Crippen LogP contribution >= 0.6 is 11.6 Å². The smallest absolute Gasteiger partial charge is 0.368 e. The quantitative estimate of drug-likeness (QED) is 0.668. The van der Waals surface area contributed by atoms with Gasteiger partial charge in [0.05, 0.1) is 16.3 Å². The summed E-state index contributed by atoms with van der Waals surface area (Å²) in [5.41, 5.74) is 7.53. The SMILES string of the molecule is Nc1nccc(-c2ccc(N3CCN(c4ncc(C(F)(F)F)cc4Cl)CC3)cc2)n1. The molecule has 4 rings (SSSR count). The molecular weight excluding hydrogens is 417 g/mol. The van der Waals surface area contributed by atoms with E-state index in [1.165, 1.54) is 0 Å². The van der Waals surface area contributed by atoms with Crippen LogP contribution in [0.5, 0.6) is 0 Å². The summed E-state index contributed by atoms with van der Waals surface area (Å²) in [7, 11) is 0. The maximum atomic E-state index is 12.8. The van der Waals surface area contributed by atoms with E-state index in [1.54, 1.807) is 12.3 Å². The molecule has 30 heavy (non-hydrogen) atoms. The first-order valence-corrected chi connectivity index (χ1v) is 9.60. The minimum atomic E-state index is -4.46. The number of piperazine rings is 1. The molecule has 1 saturated heterocycles. The van der Waals surface area contributed by atoms with Gasteiger partial charge < -0.3 is 15.5 Å². The van der Waals surface area contributed by atoms with Gasteiger partial charge in [-0.1, -0.05) is 23.7 Å². The van der Waals surface area contributed by atoms with Crippen LogP contribution in [0.15, 0.2) is 48.8 Å². The number of aromatic nitrogens is 3. The highest BCUT2D eigenvalue weighted by Crippen LogP contribution is 2.34. The minimum Gasteiger partial charge on any atom is -0.368 e. The van der Waals surface area contributed by atoms with E-state index in [2.05, 4.69) is 19.9 Å². The Kier molecular flexibility index (Phi) is 5.38. The lowest BCUT2D eigenvalue weighted by Gasteiger charge is -2.37. The molecule has 10 heteroatoms. The van der Waals surface area contributed by atoms with Crippen LogP contribution in [0.1, 0.15) is 5.56 Å². The highest BCUT2D eigenvalue weighted by molar-refractivity contribution is 6.33. The number of halogens is 4. The lowest BCUT2D eigenvalue weighted by atomic mass is 10.1. The van der Waals surface area contributed by atoms with Gasteiger partial charge in [0.25, 0.3) is 0 Å². The van der Waals surface area contributed by atoms with E-state index >= 15 is 0 Å². The van der Waals surface area contributed by atoms with Crippen LogP contribution < -0.4 is 15.5 Å². The van der Waals surface area contributed by atoms with E-state index in [0.29, 0.717) is 32.0 Å². The Hall–Kier alpha value is -3.07. The van der Waals surface area contributed by atoms with E-state index in [0.717, 1.165) is 29.2 Å². The Morgan fingerprint density at radius 1 is 0.933 bits per heavy atom. The Bertz CT molecular complexity index is 1030. The van der Waals surface area contributed by atoms with E-state index in [1.807, 2.05) is 29.2 Å². The molecule has 3 heterocycles. The van der Waals surface area contributed by atoms with Crippen molar-refractivity contribution < 1.29 is 13.2 Å². The molecule has 1 aromatic carbocycles.